The van der Waals surface area contributed by atoms with E-state index < -0.39 is 18.1 Å². The van der Waals surface area contributed by atoms with Crippen molar-refractivity contribution >= 4 is 12.1 Å². The molecule has 0 saturated carbocycles. The Morgan fingerprint density at radius 1 is 1.14 bits per heavy atom. The number of nitrogens with one attached hydrogen (secondary N) is 1. The van der Waals surface area contributed by atoms with Gasteiger partial charge in [-0.05, 0) is 18.4 Å². The SMILES string of the molecule is CCOC(=O)[C@@H](NC(=O)OCc1ccccc1)[C@@H](C)CC. The molecule has 5 heteroatoms. The summed E-state index contributed by atoms with van der Waals surface area (Å²) in [5.74, 6) is -0.447. The van der Waals surface area contributed by atoms with Crippen LogP contribution in [0.1, 0.15) is 32.8 Å². The maximum Gasteiger partial charge on any atom is 0.408 e. The minimum atomic E-state index is -0.682. The van der Waals surface area contributed by atoms with Crippen LogP contribution < -0.4 is 5.32 Å². The van der Waals surface area contributed by atoms with Gasteiger partial charge < -0.3 is 14.8 Å². The average Bonchev–Trinajstić information content (AvgIpc) is 2.51. The molecule has 0 spiro atoms. The van der Waals surface area contributed by atoms with Gasteiger partial charge in [0.25, 0.3) is 0 Å². The van der Waals surface area contributed by atoms with E-state index >= 15 is 0 Å². The van der Waals surface area contributed by atoms with E-state index in [1.807, 2.05) is 44.2 Å². The van der Waals surface area contributed by atoms with E-state index in [0.717, 1.165) is 12.0 Å². The van der Waals surface area contributed by atoms with Crippen molar-refractivity contribution < 1.29 is 19.1 Å². The second-order valence-electron chi connectivity index (χ2n) is 4.82. The van der Waals surface area contributed by atoms with E-state index in [9.17, 15) is 9.59 Å². The van der Waals surface area contributed by atoms with Crippen molar-refractivity contribution in [3.05, 3.63) is 35.9 Å². The summed E-state index contributed by atoms with van der Waals surface area (Å²) in [7, 11) is 0. The van der Waals surface area contributed by atoms with Crippen LogP contribution in [0, 0.1) is 5.92 Å². The third kappa shape index (κ3) is 5.85. The third-order valence-corrected chi connectivity index (χ3v) is 3.24. The Balaban J connectivity index is 2.53. The number of hydrogen-bond acceptors (Lipinski definition) is 4. The van der Waals surface area contributed by atoms with Crippen LogP contribution in [0.5, 0.6) is 0 Å². The average molecular weight is 293 g/mol. The summed E-state index contributed by atoms with van der Waals surface area (Å²) in [6.07, 6.45) is 0.139. The minimum absolute atomic E-state index is 0.0201. The van der Waals surface area contributed by atoms with Gasteiger partial charge in [0.1, 0.15) is 12.6 Å². The predicted octanol–water partition coefficient (Wildman–Crippen LogP) is 2.89. The molecule has 2 atom stereocenters. The van der Waals surface area contributed by atoms with Gasteiger partial charge in [0.05, 0.1) is 6.61 Å². The fourth-order valence-corrected chi connectivity index (χ4v) is 1.79. The van der Waals surface area contributed by atoms with Gasteiger partial charge in [-0.25, -0.2) is 9.59 Å². The van der Waals surface area contributed by atoms with Crippen LogP contribution in [0.3, 0.4) is 0 Å². The Morgan fingerprint density at radius 3 is 2.38 bits per heavy atom. The van der Waals surface area contributed by atoms with Crippen molar-refractivity contribution in [3.63, 3.8) is 0 Å². The molecule has 0 radical (unpaired) electrons. The van der Waals surface area contributed by atoms with Crippen molar-refractivity contribution in [3.8, 4) is 0 Å². The van der Waals surface area contributed by atoms with E-state index in [2.05, 4.69) is 5.32 Å². The van der Waals surface area contributed by atoms with Crippen molar-refractivity contribution in [2.75, 3.05) is 6.61 Å². The van der Waals surface area contributed by atoms with Gasteiger partial charge in [0.2, 0.25) is 0 Å². The number of alkyl carbamates (subject to hydrolysis) is 1. The first-order valence-electron chi connectivity index (χ1n) is 7.22. The van der Waals surface area contributed by atoms with Crippen molar-refractivity contribution in [2.24, 2.45) is 5.92 Å². The Bertz CT molecular complexity index is 447. The molecule has 0 heterocycles. The Kier molecular flexibility index (Phi) is 7.29. The number of amides is 1. The molecule has 1 rings (SSSR count). The lowest BCUT2D eigenvalue weighted by Gasteiger charge is -2.22. The summed E-state index contributed by atoms with van der Waals surface area (Å²) in [6.45, 7) is 6.03. The van der Waals surface area contributed by atoms with E-state index in [1.165, 1.54) is 0 Å². The molecular formula is C16H23NO4. The standard InChI is InChI=1S/C16H23NO4/c1-4-12(3)14(15(18)20-5-2)17-16(19)21-11-13-9-7-6-8-10-13/h6-10,12,14H,4-5,11H2,1-3H3,(H,17,19)/t12-,14-/m0/s1. The van der Waals surface area contributed by atoms with Gasteiger partial charge >= 0.3 is 12.1 Å². The summed E-state index contributed by atoms with van der Waals surface area (Å²) < 4.78 is 10.1. The molecule has 1 N–H and O–H groups in total. The highest BCUT2D eigenvalue weighted by Gasteiger charge is 2.27. The van der Waals surface area contributed by atoms with Gasteiger partial charge in [-0.15, -0.1) is 0 Å². The number of rotatable bonds is 7. The van der Waals surface area contributed by atoms with E-state index in [4.69, 9.17) is 9.47 Å². The smallest absolute Gasteiger partial charge is 0.408 e. The number of ether oxygens (including phenoxy) is 2. The quantitative estimate of drug-likeness (QED) is 0.785. The van der Waals surface area contributed by atoms with Crippen LogP contribution in [-0.4, -0.2) is 24.7 Å². The molecule has 0 bridgehead atoms. The molecule has 0 fully saturated rings. The number of carbonyl (C=O) groups excluding carboxylic acids is 2. The summed E-state index contributed by atoms with van der Waals surface area (Å²) >= 11 is 0. The molecule has 116 valence electrons. The van der Waals surface area contributed by atoms with Crippen molar-refractivity contribution in [1.29, 1.82) is 0 Å². The summed E-state index contributed by atoms with van der Waals surface area (Å²) in [5.41, 5.74) is 0.892. The first kappa shape index (κ1) is 17.0. The van der Waals surface area contributed by atoms with Crippen molar-refractivity contribution in [2.45, 2.75) is 39.8 Å². The van der Waals surface area contributed by atoms with Crippen LogP contribution in [0.4, 0.5) is 4.79 Å². The van der Waals surface area contributed by atoms with Crippen LogP contribution in [0.15, 0.2) is 30.3 Å². The number of benzene rings is 1. The van der Waals surface area contributed by atoms with E-state index in [0.29, 0.717) is 0 Å². The predicted molar refractivity (Wildman–Crippen MR) is 79.6 cm³/mol. The molecule has 5 nitrogen and oxygen atoms in total. The van der Waals surface area contributed by atoms with Crippen LogP contribution in [0.25, 0.3) is 0 Å². The summed E-state index contributed by atoms with van der Waals surface area (Å²) in [6, 6.07) is 8.69. The molecular weight excluding hydrogens is 270 g/mol. The zero-order valence-corrected chi connectivity index (χ0v) is 12.8. The highest BCUT2D eigenvalue weighted by Crippen LogP contribution is 2.10. The first-order chi connectivity index (χ1) is 10.1. The van der Waals surface area contributed by atoms with Gasteiger partial charge in [0, 0.05) is 0 Å². The lowest BCUT2D eigenvalue weighted by atomic mass is 9.99. The highest BCUT2D eigenvalue weighted by molar-refractivity contribution is 5.81. The normalized spacial score (nSPS) is 13.1. The molecule has 0 aliphatic carbocycles. The monoisotopic (exact) mass is 293 g/mol. The third-order valence-electron chi connectivity index (χ3n) is 3.24. The molecule has 0 aliphatic heterocycles. The number of carbonyl (C=O) groups is 2. The van der Waals surface area contributed by atoms with Crippen LogP contribution in [-0.2, 0) is 20.9 Å². The largest absolute Gasteiger partial charge is 0.464 e. The molecule has 0 unspecified atom stereocenters. The lowest BCUT2D eigenvalue weighted by molar-refractivity contribution is -0.146. The topological polar surface area (TPSA) is 64.6 Å². The molecule has 0 aromatic heterocycles. The molecule has 0 saturated heterocycles. The van der Waals surface area contributed by atoms with Crippen LogP contribution in [0.2, 0.25) is 0 Å². The fraction of sp³-hybridized carbons (Fsp3) is 0.500. The molecule has 1 aromatic rings. The second kappa shape index (κ2) is 9.00. The number of esters is 1. The molecule has 1 aromatic carbocycles. The fourth-order valence-electron chi connectivity index (χ4n) is 1.79. The first-order valence-corrected chi connectivity index (χ1v) is 7.22. The maximum absolute atomic E-state index is 11.9. The summed E-state index contributed by atoms with van der Waals surface area (Å²) in [5, 5.41) is 2.59. The Labute approximate surface area is 125 Å². The molecule has 1 amide bonds. The van der Waals surface area contributed by atoms with E-state index in [-0.39, 0.29) is 19.1 Å². The molecule has 21 heavy (non-hydrogen) atoms. The Morgan fingerprint density at radius 2 is 1.81 bits per heavy atom. The maximum atomic E-state index is 11.9. The van der Waals surface area contributed by atoms with Crippen molar-refractivity contribution in [1.82, 2.24) is 5.32 Å². The zero-order chi connectivity index (χ0) is 15.7. The van der Waals surface area contributed by atoms with Gasteiger partial charge in [-0.2, -0.15) is 0 Å². The van der Waals surface area contributed by atoms with Gasteiger partial charge in [-0.1, -0.05) is 50.6 Å². The highest BCUT2D eigenvalue weighted by atomic mass is 16.6. The van der Waals surface area contributed by atoms with Crippen LogP contribution >= 0.6 is 0 Å². The Hall–Kier alpha value is -2.04. The lowest BCUT2D eigenvalue weighted by Crippen LogP contribution is -2.46. The minimum Gasteiger partial charge on any atom is -0.464 e. The van der Waals surface area contributed by atoms with E-state index in [1.54, 1.807) is 6.92 Å². The second-order valence-corrected chi connectivity index (χ2v) is 4.82. The number of hydrogen-bond donors (Lipinski definition) is 1. The van der Waals surface area contributed by atoms with Gasteiger partial charge in [0.15, 0.2) is 0 Å². The van der Waals surface area contributed by atoms with Gasteiger partial charge in [-0.3, -0.25) is 0 Å². The zero-order valence-electron chi connectivity index (χ0n) is 12.8. The summed E-state index contributed by atoms with van der Waals surface area (Å²) in [4.78, 5) is 23.7. The molecule has 0 aliphatic rings.